The van der Waals surface area contributed by atoms with Gasteiger partial charge in [-0.15, -0.1) is 0 Å². The summed E-state index contributed by atoms with van der Waals surface area (Å²) < 4.78 is 2.36. The van der Waals surface area contributed by atoms with Crippen molar-refractivity contribution in [3.63, 3.8) is 0 Å². The van der Waals surface area contributed by atoms with Gasteiger partial charge in [0, 0.05) is 36.5 Å². The Kier molecular flexibility index (Phi) is 5.27. The van der Waals surface area contributed by atoms with Crippen LogP contribution in [0.1, 0.15) is 78.9 Å². The highest BCUT2D eigenvalue weighted by Crippen LogP contribution is 2.38. The molecule has 0 aliphatic rings. The maximum Gasteiger partial charge on any atom is 0.132 e. The van der Waals surface area contributed by atoms with Crippen molar-refractivity contribution in [1.29, 1.82) is 0 Å². The highest BCUT2D eigenvalue weighted by atomic mass is 16.1. The maximum atomic E-state index is 11.6. The average Bonchev–Trinajstić information content (AvgIpc) is 2.85. The molecule has 0 amide bonds. The number of hydrogen-bond acceptors (Lipinski definition) is 1. The third-order valence-electron chi connectivity index (χ3n) is 4.77. The average molecular weight is 328 g/mol. The van der Waals surface area contributed by atoms with Crippen molar-refractivity contribution in [3.8, 4) is 0 Å². The van der Waals surface area contributed by atoms with Crippen molar-refractivity contribution in [2.75, 3.05) is 0 Å². The summed E-state index contributed by atoms with van der Waals surface area (Å²) in [7, 11) is 0. The fourth-order valence-electron chi connectivity index (χ4n) is 3.35. The first-order chi connectivity index (χ1) is 11.1. The Bertz CT molecular complexity index is 723. The van der Waals surface area contributed by atoms with Crippen LogP contribution in [0.4, 0.5) is 0 Å². The molecule has 2 nitrogen and oxygen atoms in total. The predicted molar refractivity (Wildman–Crippen MR) is 104 cm³/mol. The Labute approximate surface area is 147 Å². The second-order valence-electron chi connectivity index (χ2n) is 8.93. The molecule has 1 aromatic carbocycles. The van der Waals surface area contributed by atoms with Crippen LogP contribution in [0.3, 0.4) is 0 Å². The molecule has 0 saturated carbocycles. The summed E-state index contributed by atoms with van der Waals surface area (Å²) in [5, 5.41) is 1.40. The third-order valence-corrected chi connectivity index (χ3v) is 4.77. The molecule has 1 aromatic heterocycles. The molecule has 0 N–H and O–H groups in total. The van der Waals surface area contributed by atoms with Crippen LogP contribution in [0.2, 0.25) is 0 Å². The summed E-state index contributed by atoms with van der Waals surface area (Å²) in [5.74, 6) is 0.359. The van der Waals surface area contributed by atoms with E-state index in [1.807, 2.05) is 6.92 Å². The minimum atomic E-state index is 0.101. The number of rotatable bonds is 5. The zero-order chi connectivity index (χ0) is 18.1. The molecule has 0 aliphatic heterocycles. The summed E-state index contributed by atoms with van der Waals surface area (Å²) in [6.45, 7) is 16.6. The standard InChI is InChI=1S/C22H33NO/c1-8-16(24)11-10-14-23-15-18(22(5,6)7)20-17(21(2,3)4)12-9-13-19(20)23/h9,12-13,15H,8,10-11,14H2,1-7H3. The van der Waals surface area contributed by atoms with E-state index in [0.717, 1.165) is 13.0 Å². The van der Waals surface area contributed by atoms with Gasteiger partial charge in [-0.2, -0.15) is 0 Å². The first-order valence-corrected chi connectivity index (χ1v) is 9.20. The van der Waals surface area contributed by atoms with E-state index in [1.54, 1.807) is 0 Å². The molecule has 2 aromatic rings. The van der Waals surface area contributed by atoms with Gasteiger partial charge >= 0.3 is 0 Å². The minimum absolute atomic E-state index is 0.101. The monoisotopic (exact) mass is 327 g/mol. The minimum Gasteiger partial charge on any atom is -0.347 e. The van der Waals surface area contributed by atoms with Gasteiger partial charge in [0.25, 0.3) is 0 Å². The molecular weight excluding hydrogens is 294 g/mol. The third kappa shape index (κ3) is 3.91. The van der Waals surface area contributed by atoms with Gasteiger partial charge in [-0.05, 0) is 34.4 Å². The zero-order valence-corrected chi connectivity index (χ0v) is 16.5. The van der Waals surface area contributed by atoms with Crippen molar-refractivity contribution < 1.29 is 4.79 Å². The lowest BCUT2D eigenvalue weighted by Gasteiger charge is -2.24. The predicted octanol–water partition coefficient (Wildman–Crippen LogP) is 6.00. The van der Waals surface area contributed by atoms with Gasteiger partial charge in [0.1, 0.15) is 5.78 Å². The van der Waals surface area contributed by atoms with Gasteiger partial charge < -0.3 is 4.57 Å². The highest BCUT2D eigenvalue weighted by molar-refractivity contribution is 5.89. The Morgan fingerprint density at radius 3 is 2.17 bits per heavy atom. The van der Waals surface area contributed by atoms with E-state index in [1.165, 1.54) is 22.0 Å². The number of ketones is 1. The SMILES string of the molecule is CCC(=O)CCCn1cc(C(C)(C)C)c2c(C(C)(C)C)cccc21. The largest absolute Gasteiger partial charge is 0.347 e. The Morgan fingerprint density at radius 2 is 1.62 bits per heavy atom. The number of carbonyl (C=O) groups excluding carboxylic acids is 1. The van der Waals surface area contributed by atoms with Crippen LogP contribution in [0, 0.1) is 0 Å². The van der Waals surface area contributed by atoms with Crippen LogP contribution in [0.5, 0.6) is 0 Å². The number of carbonyl (C=O) groups is 1. The fourth-order valence-corrected chi connectivity index (χ4v) is 3.35. The molecule has 0 radical (unpaired) electrons. The molecule has 1 heterocycles. The normalized spacial score (nSPS) is 12.8. The smallest absolute Gasteiger partial charge is 0.132 e. The van der Waals surface area contributed by atoms with Crippen LogP contribution in [-0.2, 0) is 22.2 Å². The molecule has 132 valence electrons. The number of nitrogens with zero attached hydrogens (tertiary/aromatic N) is 1. The van der Waals surface area contributed by atoms with Gasteiger partial charge in [0.05, 0.1) is 0 Å². The van der Waals surface area contributed by atoms with E-state index in [-0.39, 0.29) is 10.8 Å². The summed E-state index contributed by atoms with van der Waals surface area (Å²) >= 11 is 0. The molecule has 0 fully saturated rings. The summed E-state index contributed by atoms with van der Waals surface area (Å²) in [4.78, 5) is 11.6. The number of benzene rings is 1. The van der Waals surface area contributed by atoms with E-state index in [9.17, 15) is 4.79 Å². The zero-order valence-electron chi connectivity index (χ0n) is 16.5. The number of aryl methyl sites for hydroxylation is 1. The highest BCUT2D eigenvalue weighted by Gasteiger charge is 2.26. The molecule has 0 bridgehead atoms. The van der Waals surface area contributed by atoms with E-state index in [2.05, 4.69) is 70.5 Å². The van der Waals surface area contributed by atoms with Gasteiger partial charge in [-0.1, -0.05) is 60.6 Å². The maximum absolute atomic E-state index is 11.6. The summed E-state index contributed by atoms with van der Waals surface area (Å²) in [5.41, 5.74) is 4.34. The number of Topliss-reactive ketones (excluding diaryl/α,β-unsaturated/α-hetero) is 1. The second kappa shape index (κ2) is 6.74. The fraction of sp³-hybridized carbons (Fsp3) is 0.591. The van der Waals surface area contributed by atoms with Crippen molar-refractivity contribution in [3.05, 3.63) is 35.5 Å². The van der Waals surface area contributed by atoms with Crippen molar-refractivity contribution in [2.24, 2.45) is 0 Å². The number of hydrogen-bond donors (Lipinski definition) is 0. The lowest BCUT2D eigenvalue weighted by atomic mass is 9.79. The van der Waals surface area contributed by atoms with Gasteiger partial charge in [0.15, 0.2) is 0 Å². The van der Waals surface area contributed by atoms with Crippen molar-refractivity contribution in [2.45, 2.75) is 85.1 Å². The number of fused-ring (bicyclic) bond motifs is 1. The van der Waals surface area contributed by atoms with E-state index >= 15 is 0 Å². The quantitative estimate of drug-likeness (QED) is 0.660. The Morgan fingerprint density at radius 1 is 1.00 bits per heavy atom. The topological polar surface area (TPSA) is 22.0 Å². The lowest BCUT2D eigenvalue weighted by Crippen LogP contribution is -2.15. The van der Waals surface area contributed by atoms with Crippen LogP contribution in [0.15, 0.2) is 24.4 Å². The van der Waals surface area contributed by atoms with Crippen LogP contribution >= 0.6 is 0 Å². The first-order valence-electron chi connectivity index (χ1n) is 9.20. The lowest BCUT2D eigenvalue weighted by molar-refractivity contribution is -0.118. The molecular formula is C22H33NO. The van der Waals surface area contributed by atoms with Crippen LogP contribution in [-0.4, -0.2) is 10.4 Å². The molecule has 0 atom stereocenters. The van der Waals surface area contributed by atoms with Crippen molar-refractivity contribution in [1.82, 2.24) is 4.57 Å². The van der Waals surface area contributed by atoms with E-state index in [0.29, 0.717) is 18.6 Å². The molecule has 2 rings (SSSR count). The Hall–Kier alpha value is -1.57. The van der Waals surface area contributed by atoms with Gasteiger partial charge in [0.2, 0.25) is 0 Å². The summed E-state index contributed by atoms with van der Waals surface area (Å²) in [6, 6.07) is 6.66. The molecule has 0 spiro atoms. The second-order valence-corrected chi connectivity index (χ2v) is 8.93. The summed E-state index contributed by atoms with van der Waals surface area (Å²) in [6.07, 6.45) is 4.56. The van der Waals surface area contributed by atoms with E-state index in [4.69, 9.17) is 0 Å². The molecule has 24 heavy (non-hydrogen) atoms. The molecule has 0 unspecified atom stereocenters. The first kappa shape index (κ1) is 18.8. The van der Waals surface area contributed by atoms with Crippen molar-refractivity contribution >= 4 is 16.7 Å². The van der Waals surface area contributed by atoms with Gasteiger partial charge in [-0.25, -0.2) is 0 Å². The number of aromatic nitrogens is 1. The van der Waals surface area contributed by atoms with Crippen LogP contribution < -0.4 is 0 Å². The Balaban J connectivity index is 2.53. The van der Waals surface area contributed by atoms with E-state index < -0.39 is 0 Å². The molecule has 2 heteroatoms. The molecule has 0 aliphatic carbocycles. The molecule has 0 saturated heterocycles. The van der Waals surface area contributed by atoms with Gasteiger partial charge in [-0.3, -0.25) is 4.79 Å². The van der Waals surface area contributed by atoms with Crippen LogP contribution in [0.25, 0.3) is 10.9 Å².